The third kappa shape index (κ3) is 5.30. The minimum absolute atomic E-state index is 0.0291. The van der Waals surface area contributed by atoms with Gasteiger partial charge in [-0.25, -0.2) is 0 Å². The average Bonchev–Trinajstić information content (AvgIpc) is 2.38. The number of aliphatic hydroxyl groups is 1. The lowest BCUT2D eigenvalue weighted by molar-refractivity contribution is 0.0767. The van der Waals surface area contributed by atoms with Gasteiger partial charge in [-0.15, -0.1) is 0 Å². The summed E-state index contributed by atoms with van der Waals surface area (Å²) in [6.45, 7) is 5.31. The number of aliphatic hydroxyl groups excluding tert-OH is 1. The normalized spacial score (nSPS) is 10.6. The molecule has 0 heterocycles. The first-order chi connectivity index (χ1) is 9.04. The number of amides is 1. The molecule has 0 bridgehead atoms. The number of nitrogens with zero attached hydrogens (tertiary/aromatic N) is 1. The van der Waals surface area contributed by atoms with Crippen molar-refractivity contribution in [1.82, 2.24) is 4.90 Å². The Hall–Kier alpha value is -1.55. The molecule has 0 saturated heterocycles. The molecule has 0 fully saturated rings. The van der Waals surface area contributed by atoms with Crippen molar-refractivity contribution in [3.63, 3.8) is 0 Å². The van der Waals surface area contributed by atoms with E-state index in [1.165, 1.54) is 4.90 Å². The molecule has 0 aliphatic carbocycles. The summed E-state index contributed by atoms with van der Waals surface area (Å²) in [5, 5.41) is 8.80. The summed E-state index contributed by atoms with van der Waals surface area (Å²) >= 11 is 0. The number of hydrogen-bond donors (Lipinski definition) is 1. The minimum atomic E-state index is -0.0946. The van der Waals surface area contributed by atoms with Crippen LogP contribution < -0.4 is 4.74 Å². The van der Waals surface area contributed by atoms with E-state index in [0.717, 1.165) is 12.2 Å². The fourth-order valence-electron chi connectivity index (χ4n) is 1.58. The van der Waals surface area contributed by atoms with Crippen molar-refractivity contribution in [3.8, 4) is 5.75 Å². The van der Waals surface area contributed by atoms with Crippen LogP contribution in [0.25, 0.3) is 0 Å². The SMILES string of the molecule is CC(C)CCOc1ccc(C(=O)N(C)CCO)cc1. The van der Waals surface area contributed by atoms with Gasteiger partial charge in [0.05, 0.1) is 13.2 Å². The Kier molecular flexibility index (Phi) is 6.36. The third-order valence-electron chi connectivity index (χ3n) is 2.85. The standard InChI is InChI=1S/C15H23NO3/c1-12(2)8-11-19-14-6-4-13(5-7-14)15(18)16(3)9-10-17/h4-7,12,17H,8-11H2,1-3H3. The summed E-state index contributed by atoms with van der Waals surface area (Å²) < 4.78 is 5.59. The molecule has 0 aliphatic rings. The molecule has 1 N–H and O–H groups in total. The molecule has 0 radical (unpaired) electrons. The van der Waals surface area contributed by atoms with Crippen LogP contribution in [0.4, 0.5) is 0 Å². The molecule has 106 valence electrons. The summed E-state index contributed by atoms with van der Waals surface area (Å²) in [6, 6.07) is 7.11. The van der Waals surface area contributed by atoms with Gasteiger partial charge in [-0.3, -0.25) is 4.79 Å². The van der Waals surface area contributed by atoms with Crippen molar-refractivity contribution < 1.29 is 14.6 Å². The van der Waals surface area contributed by atoms with Gasteiger partial charge in [0.2, 0.25) is 0 Å². The van der Waals surface area contributed by atoms with Crippen molar-refractivity contribution in [3.05, 3.63) is 29.8 Å². The fourth-order valence-corrected chi connectivity index (χ4v) is 1.58. The monoisotopic (exact) mass is 265 g/mol. The molecule has 0 atom stereocenters. The number of ether oxygens (including phenoxy) is 1. The van der Waals surface area contributed by atoms with Crippen LogP contribution in [-0.4, -0.2) is 42.7 Å². The molecular formula is C15H23NO3. The highest BCUT2D eigenvalue weighted by Crippen LogP contribution is 2.14. The Labute approximate surface area is 115 Å². The van der Waals surface area contributed by atoms with Crippen molar-refractivity contribution in [1.29, 1.82) is 0 Å². The minimum Gasteiger partial charge on any atom is -0.494 e. The molecule has 1 aromatic rings. The first-order valence-corrected chi connectivity index (χ1v) is 6.63. The van der Waals surface area contributed by atoms with E-state index in [2.05, 4.69) is 13.8 Å². The molecule has 0 aromatic heterocycles. The zero-order valence-corrected chi connectivity index (χ0v) is 11.9. The quantitative estimate of drug-likeness (QED) is 0.822. The van der Waals surface area contributed by atoms with Gasteiger partial charge in [0.25, 0.3) is 5.91 Å². The molecule has 4 nitrogen and oxygen atoms in total. The van der Waals surface area contributed by atoms with E-state index in [9.17, 15) is 4.79 Å². The summed E-state index contributed by atoms with van der Waals surface area (Å²) in [6.07, 6.45) is 1.01. The van der Waals surface area contributed by atoms with E-state index in [1.54, 1.807) is 31.3 Å². The van der Waals surface area contributed by atoms with Gasteiger partial charge in [-0.2, -0.15) is 0 Å². The maximum absolute atomic E-state index is 11.9. The summed E-state index contributed by atoms with van der Waals surface area (Å²) in [5.41, 5.74) is 0.604. The van der Waals surface area contributed by atoms with Gasteiger partial charge >= 0.3 is 0 Å². The first-order valence-electron chi connectivity index (χ1n) is 6.63. The zero-order valence-electron chi connectivity index (χ0n) is 11.9. The smallest absolute Gasteiger partial charge is 0.253 e. The number of benzene rings is 1. The lowest BCUT2D eigenvalue weighted by Crippen LogP contribution is -2.29. The highest BCUT2D eigenvalue weighted by Gasteiger charge is 2.10. The molecular weight excluding hydrogens is 242 g/mol. The second-order valence-corrected chi connectivity index (χ2v) is 5.01. The number of carbonyl (C=O) groups is 1. The third-order valence-corrected chi connectivity index (χ3v) is 2.85. The topological polar surface area (TPSA) is 49.8 Å². The Morgan fingerprint density at radius 2 is 1.95 bits per heavy atom. The summed E-state index contributed by atoms with van der Waals surface area (Å²) in [5.74, 6) is 1.30. The predicted octanol–water partition coefficient (Wildman–Crippen LogP) is 2.18. The molecule has 0 unspecified atom stereocenters. The zero-order chi connectivity index (χ0) is 14.3. The maximum atomic E-state index is 11.9. The molecule has 0 saturated carbocycles. The van der Waals surface area contributed by atoms with E-state index in [-0.39, 0.29) is 12.5 Å². The van der Waals surface area contributed by atoms with Crippen LogP contribution in [0.2, 0.25) is 0 Å². The van der Waals surface area contributed by atoms with Gasteiger partial charge in [0.1, 0.15) is 5.75 Å². The largest absolute Gasteiger partial charge is 0.494 e. The van der Waals surface area contributed by atoms with Crippen LogP contribution in [0.15, 0.2) is 24.3 Å². The van der Waals surface area contributed by atoms with Crippen molar-refractivity contribution in [2.45, 2.75) is 20.3 Å². The molecule has 19 heavy (non-hydrogen) atoms. The molecule has 1 aromatic carbocycles. The average molecular weight is 265 g/mol. The van der Waals surface area contributed by atoms with Crippen LogP contribution in [0.1, 0.15) is 30.6 Å². The number of likely N-dealkylation sites (N-methyl/N-ethyl adjacent to an activating group) is 1. The van der Waals surface area contributed by atoms with Crippen molar-refractivity contribution in [2.24, 2.45) is 5.92 Å². The second-order valence-electron chi connectivity index (χ2n) is 5.01. The van der Waals surface area contributed by atoms with Gasteiger partial charge in [-0.1, -0.05) is 13.8 Å². The maximum Gasteiger partial charge on any atom is 0.253 e. The molecule has 0 aliphatic heterocycles. The molecule has 1 amide bonds. The highest BCUT2D eigenvalue weighted by atomic mass is 16.5. The fraction of sp³-hybridized carbons (Fsp3) is 0.533. The highest BCUT2D eigenvalue weighted by molar-refractivity contribution is 5.94. The van der Waals surface area contributed by atoms with Gasteiger partial charge < -0.3 is 14.7 Å². The predicted molar refractivity (Wildman–Crippen MR) is 75.4 cm³/mol. The Morgan fingerprint density at radius 3 is 2.47 bits per heavy atom. The summed E-state index contributed by atoms with van der Waals surface area (Å²) in [4.78, 5) is 13.4. The molecule has 4 heteroatoms. The van der Waals surface area contributed by atoms with E-state index >= 15 is 0 Å². The lowest BCUT2D eigenvalue weighted by atomic mass is 10.1. The van der Waals surface area contributed by atoms with Crippen LogP contribution in [0.5, 0.6) is 5.75 Å². The summed E-state index contributed by atoms with van der Waals surface area (Å²) in [7, 11) is 1.67. The second kappa shape index (κ2) is 7.79. The Balaban J connectivity index is 2.53. The van der Waals surface area contributed by atoms with Crippen LogP contribution in [0, 0.1) is 5.92 Å². The van der Waals surface area contributed by atoms with Gasteiger partial charge in [0, 0.05) is 19.2 Å². The number of hydrogen-bond acceptors (Lipinski definition) is 3. The number of carbonyl (C=O) groups excluding carboxylic acids is 1. The van der Waals surface area contributed by atoms with Crippen molar-refractivity contribution in [2.75, 3.05) is 26.8 Å². The number of rotatable bonds is 7. The molecule has 1 rings (SSSR count). The van der Waals surface area contributed by atoms with E-state index in [4.69, 9.17) is 9.84 Å². The van der Waals surface area contributed by atoms with Crippen molar-refractivity contribution >= 4 is 5.91 Å². The van der Waals surface area contributed by atoms with E-state index in [1.807, 2.05) is 0 Å². The van der Waals surface area contributed by atoms with E-state index in [0.29, 0.717) is 24.6 Å². The van der Waals surface area contributed by atoms with Gasteiger partial charge in [0.15, 0.2) is 0 Å². The Morgan fingerprint density at radius 1 is 1.32 bits per heavy atom. The van der Waals surface area contributed by atoms with Gasteiger partial charge in [-0.05, 0) is 36.6 Å². The Bertz CT molecular complexity index is 387. The van der Waals surface area contributed by atoms with E-state index < -0.39 is 0 Å². The first kappa shape index (κ1) is 15.5. The van der Waals surface area contributed by atoms with Crippen LogP contribution >= 0.6 is 0 Å². The molecule has 0 spiro atoms. The van der Waals surface area contributed by atoms with Crippen LogP contribution in [0.3, 0.4) is 0 Å². The van der Waals surface area contributed by atoms with Crippen LogP contribution in [-0.2, 0) is 0 Å². The lowest BCUT2D eigenvalue weighted by Gasteiger charge is -2.15.